The van der Waals surface area contributed by atoms with E-state index < -0.39 is 0 Å². The van der Waals surface area contributed by atoms with Gasteiger partial charge in [-0.3, -0.25) is 4.79 Å². The number of amides is 1. The molecule has 1 fully saturated rings. The molecule has 2 rings (SSSR count). The van der Waals surface area contributed by atoms with E-state index in [4.69, 9.17) is 5.73 Å². The summed E-state index contributed by atoms with van der Waals surface area (Å²) in [5.41, 5.74) is 8.09. The zero-order valence-corrected chi connectivity index (χ0v) is 11.9. The minimum absolute atomic E-state index is 0.0200. The van der Waals surface area contributed by atoms with Gasteiger partial charge in [-0.25, -0.2) is 0 Å². The first-order chi connectivity index (χ1) is 9.10. The maximum Gasteiger partial charge on any atom is 0.251 e. The van der Waals surface area contributed by atoms with E-state index in [1.54, 1.807) is 6.07 Å². The molecule has 104 valence electrons. The Morgan fingerprint density at radius 3 is 2.95 bits per heavy atom. The zero-order chi connectivity index (χ0) is 13.8. The van der Waals surface area contributed by atoms with Crippen LogP contribution in [0.25, 0.3) is 0 Å². The Morgan fingerprint density at radius 2 is 2.21 bits per heavy atom. The van der Waals surface area contributed by atoms with Crippen LogP contribution < -0.4 is 11.1 Å². The largest absolute Gasteiger partial charge is 0.399 e. The quantitative estimate of drug-likeness (QED) is 0.819. The monoisotopic (exact) mass is 260 g/mol. The van der Waals surface area contributed by atoms with Crippen molar-refractivity contribution < 1.29 is 4.79 Å². The standard InChI is InChI=1S/C16H24N2O/c1-3-12-5-4-6-14(9-12)18-16(19)15-10-13(17)8-7-11(15)2/h7-8,10,12,14H,3-6,9,17H2,1-2H3,(H,18,19). The molecule has 3 heteroatoms. The highest BCUT2D eigenvalue weighted by Crippen LogP contribution is 2.26. The van der Waals surface area contributed by atoms with Crippen LogP contribution in [0.5, 0.6) is 0 Å². The molecule has 0 heterocycles. The van der Waals surface area contributed by atoms with Crippen molar-refractivity contribution in [1.29, 1.82) is 0 Å². The molecule has 1 aromatic rings. The van der Waals surface area contributed by atoms with E-state index in [2.05, 4.69) is 12.2 Å². The zero-order valence-electron chi connectivity index (χ0n) is 11.9. The van der Waals surface area contributed by atoms with Crippen LogP contribution in [0.3, 0.4) is 0 Å². The second-order valence-corrected chi connectivity index (χ2v) is 5.69. The van der Waals surface area contributed by atoms with Gasteiger partial charge in [-0.2, -0.15) is 0 Å². The molecule has 2 unspecified atom stereocenters. The predicted molar refractivity (Wildman–Crippen MR) is 79.1 cm³/mol. The van der Waals surface area contributed by atoms with E-state index in [0.29, 0.717) is 17.3 Å². The Hall–Kier alpha value is -1.51. The van der Waals surface area contributed by atoms with Crippen LogP contribution in [0.2, 0.25) is 0 Å². The third-order valence-corrected chi connectivity index (χ3v) is 4.20. The first-order valence-corrected chi connectivity index (χ1v) is 7.27. The van der Waals surface area contributed by atoms with Crippen molar-refractivity contribution in [3.8, 4) is 0 Å². The van der Waals surface area contributed by atoms with Gasteiger partial charge in [-0.1, -0.05) is 32.3 Å². The fraction of sp³-hybridized carbons (Fsp3) is 0.562. The molecule has 19 heavy (non-hydrogen) atoms. The number of rotatable bonds is 3. The molecular weight excluding hydrogens is 236 g/mol. The number of benzene rings is 1. The van der Waals surface area contributed by atoms with Crippen molar-refractivity contribution >= 4 is 11.6 Å². The Balaban J connectivity index is 2.02. The van der Waals surface area contributed by atoms with Crippen molar-refractivity contribution in [2.75, 3.05) is 5.73 Å². The second-order valence-electron chi connectivity index (χ2n) is 5.69. The lowest BCUT2D eigenvalue weighted by atomic mass is 9.84. The molecule has 2 atom stereocenters. The normalized spacial score (nSPS) is 23.1. The van der Waals surface area contributed by atoms with Gasteiger partial charge in [0.05, 0.1) is 0 Å². The molecule has 0 aromatic heterocycles. The van der Waals surface area contributed by atoms with Gasteiger partial charge in [0.25, 0.3) is 5.91 Å². The average Bonchev–Trinajstić information content (AvgIpc) is 2.41. The fourth-order valence-corrected chi connectivity index (χ4v) is 2.94. The minimum atomic E-state index is 0.0200. The number of carbonyl (C=O) groups is 1. The van der Waals surface area contributed by atoms with Gasteiger partial charge in [-0.05, 0) is 43.4 Å². The topological polar surface area (TPSA) is 55.1 Å². The van der Waals surface area contributed by atoms with Gasteiger partial charge in [-0.15, -0.1) is 0 Å². The molecule has 1 amide bonds. The summed E-state index contributed by atoms with van der Waals surface area (Å²) in [7, 11) is 0. The van der Waals surface area contributed by atoms with E-state index in [0.717, 1.165) is 24.3 Å². The minimum Gasteiger partial charge on any atom is -0.399 e. The molecule has 0 spiro atoms. The molecule has 0 saturated heterocycles. The van der Waals surface area contributed by atoms with Gasteiger partial charge in [0, 0.05) is 17.3 Å². The van der Waals surface area contributed by atoms with Crippen LogP contribution >= 0.6 is 0 Å². The maximum absolute atomic E-state index is 12.3. The van der Waals surface area contributed by atoms with Crippen LogP contribution in [-0.4, -0.2) is 11.9 Å². The third kappa shape index (κ3) is 3.49. The van der Waals surface area contributed by atoms with Crippen LogP contribution in [-0.2, 0) is 0 Å². The third-order valence-electron chi connectivity index (χ3n) is 4.20. The Morgan fingerprint density at radius 1 is 1.42 bits per heavy atom. The highest BCUT2D eigenvalue weighted by molar-refractivity contribution is 5.96. The van der Waals surface area contributed by atoms with E-state index in [9.17, 15) is 4.79 Å². The smallest absolute Gasteiger partial charge is 0.251 e. The van der Waals surface area contributed by atoms with E-state index >= 15 is 0 Å². The molecule has 1 aromatic carbocycles. The lowest BCUT2D eigenvalue weighted by Gasteiger charge is -2.29. The molecular formula is C16H24N2O. The van der Waals surface area contributed by atoms with Gasteiger partial charge < -0.3 is 11.1 Å². The van der Waals surface area contributed by atoms with Crippen molar-refractivity contribution in [2.24, 2.45) is 5.92 Å². The molecule has 3 N–H and O–H groups in total. The van der Waals surface area contributed by atoms with Gasteiger partial charge in [0.15, 0.2) is 0 Å². The molecule has 3 nitrogen and oxygen atoms in total. The van der Waals surface area contributed by atoms with Crippen molar-refractivity contribution in [2.45, 2.75) is 52.0 Å². The Labute approximate surface area is 115 Å². The first kappa shape index (κ1) is 13.9. The van der Waals surface area contributed by atoms with Crippen LogP contribution in [0.15, 0.2) is 18.2 Å². The SMILES string of the molecule is CCC1CCCC(NC(=O)c2cc(N)ccc2C)C1. The van der Waals surface area contributed by atoms with Crippen molar-refractivity contribution in [3.63, 3.8) is 0 Å². The summed E-state index contributed by atoms with van der Waals surface area (Å²) in [5, 5.41) is 3.17. The number of carbonyl (C=O) groups excluding carboxylic acids is 1. The highest BCUT2D eigenvalue weighted by Gasteiger charge is 2.22. The van der Waals surface area contributed by atoms with Crippen molar-refractivity contribution in [3.05, 3.63) is 29.3 Å². The summed E-state index contributed by atoms with van der Waals surface area (Å²) in [5.74, 6) is 0.785. The van der Waals surface area contributed by atoms with E-state index in [1.807, 2.05) is 19.1 Å². The van der Waals surface area contributed by atoms with Gasteiger partial charge in [0.2, 0.25) is 0 Å². The summed E-state index contributed by atoms with van der Waals surface area (Å²) >= 11 is 0. The number of hydrogen-bond donors (Lipinski definition) is 2. The molecule has 0 radical (unpaired) electrons. The number of nitrogens with one attached hydrogen (secondary N) is 1. The lowest BCUT2D eigenvalue weighted by molar-refractivity contribution is 0.0918. The molecule has 1 saturated carbocycles. The number of anilines is 1. The summed E-state index contributed by atoms with van der Waals surface area (Å²) in [6, 6.07) is 5.83. The number of nitrogens with two attached hydrogens (primary N) is 1. The molecule has 1 aliphatic carbocycles. The van der Waals surface area contributed by atoms with Crippen LogP contribution in [0.4, 0.5) is 5.69 Å². The summed E-state index contributed by atoms with van der Waals surface area (Å²) in [6.07, 6.45) is 5.95. The Bertz CT molecular complexity index is 456. The molecule has 1 aliphatic rings. The predicted octanol–water partition coefficient (Wildman–Crippen LogP) is 3.28. The average molecular weight is 260 g/mol. The van der Waals surface area contributed by atoms with Gasteiger partial charge in [0.1, 0.15) is 0 Å². The maximum atomic E-state index is 12.3. The second kappa shape index (κ2) is 6.09. The summed E-state index contributed by atoms with van der Waals surface area (Å²) < 4.78 is 0. The molecule has 0 bridgehead atoms. The highest BCUT2D eigenvalue weighted by atomic mass is 16.1. The van der Waals surface area contributed by atoms with Crippen LogP contribution in [0.1, 0.15) is 54.9 Å². The lowest BCUT2D eigenvalue weighted by Crippen LogP contribution is -2.38. The van der Waals surface area contributed by atoms with Gasteiger partial charge >= 0.3 is 0 Å². The van der Waals surface area contributed by atoms with Crippen molar-refractivity contribution in [1.82, 2.24) is 5.32 Å². The van der Waals surface area contributed by atoms with Crippen LogP contribution in [0, 0.1) is 12.8 Å². The van der Waals surface area contributed by atoms with E-state index in [1.165, 1.54) is 19.3 Å². The Kier molecular flexibility index (Phi) is 4.46. The number of aryl methyl sites for hydroxylation is 1. The van der Waals surface area contributed by atoms with E-state index in [-0.39, 0.29) is 5.91 Å². The number of hydrogen-bond acceptors (Lipinski definition) is 2. The fourth-order valence-electron chi connectivity index (χ4n) is 2.94. The molecule has 0 aliphatic heterocycles. The first-order valence-electron chi connectivity index (χ1n) is 7.27. The summed E-state index contributed by atoms with van der Waals surface area (Å²) in [6.45, 7) is 4.18. The summed E-state index contributed by atoms with van der Waals surface area (Å²) in [4.78, 5) is 12.3. The number of nitrogen functional groups attached to an aromatic ring is 1.